The summed E-state index contributed by atoms with van der Waals surface area (Å²) in [6.45, 7) is 12.8. The van der Waals surface area contributed by atoms with Crippen molar-refractivity contribution in [2.75, 3.05) is 6.61 Å². The Kier molecular flexibility index (Phi) is 3.95. The van der Waals surface area contributed by atoms with Crippen molar-refractivity contribution in [2.24, 2.45) is 11.1 Å². The average Bonchev–Trinajstić information content (AvgIpc) is 2.78. The van der Waals surface area contributed by atoms with Gasteiger partial charge in [0.25, 0.3) is 0 Å². The molecule has 120 valence electrons. The van der Waals surface area contributed by atoms with Gasteiger partial charge in [0.05, 0.1) is 11.0 Å². The summed E-state index contributed by atoms with van der Waals surface area (Å²) in [6.07, 6.45) is -0.0186. The fraction of sp³-hybridized carbons (Fsp3) is 0.800. The number of rotatable bonds is 3. The normalized spacial score (nSPS) is 38.1. The first kappa shape index (κ1) is 16.4. The monoisotopic (exact) mass is 299 g/mol. The molecule has 21 heavy (non-hydrogen) atoms. The summed E-state index contributed by atoms with van der Waals surface area (Å²) in [7, 11) is 0. The molecule has 2 saturated heterocycles. The van der Waals surface area contributed by atoms with Gasteiger partial charge in [0.2, 0.25) is 0 Å². The summed E-state index contributed by atoms with van der Waals surface area (Å²) in [5.41, 5.74) is 4.83. The number of hydrogen-bond donors (Lipinski definition) is 1. The van der Waals surface area contributed by atoms with E-state index in [2.05, 4.69) is 6.58 Å². The minimum Gasteiger partial charge on any atom is -0.462 e. The Labute approximate surface area is 125 Å². The highest BCUT2D eigenvalue weighted by atomic mass is 16.8. The first-order chi connectivity index (χ1) is 9.49. The lowest BCUT2D eigenvalue weighted by molar-refractivity contribution is -0.215. The molecule has 0 aromatic rings. The highest BCUT2D eigenvalue weighted by Crippen LogP contribution is 2.42. The number of esters is 1. The molecule has 0 aliphatic carbocycles. The molecule has 2 aliphatic heterocycles. The highest BCUT2D eigenvalue weighted by Gasteiger charge is 2.61. The molecule has 6 heteroatoms. The fourth-order valence-corrected chi connectivity index (χ4v) is 2.43. The molecule has 2 rings (SSSR count). The molecule has 4 atom stereocenters. The quantitative estimate of drug-likeness (QED) is 0.625. The maximum Gasteiger partial charge on any atom is 0.311 e. The van der Waals surface area contributed by atoms with Crippen LogP contribution in [-0.2, 0) is 23.7 Å². The van der Waals surface area contributed by atoms with Crippen molar-refractivity contribution in [3.05, 3.63) is 12.7 Å². The minimum atomic E-state index is -0.962. The predicted molar refractivity (Wildman–Crippen MR) is 76.2 cm³/mol. The van der Waals surface area contributed by atoms with E-state index in [-0.39, 0.29) is 12.6 Å². The van der Waals surface area contributed by atoms with E-state index in [0.29, 0.717) is 0 Å². The van der Waals surface area contributed by atoms with Crippen molar-refractivity contribution in [3.8, 4) is 0 Å². The van der Waals surface area contributed by atoms with E-state index in [9.17, 15) is 4.79 Å². The van der Waals surface area contributed by atoms with Crippen LogP contribution in [0.1, 0.15) is 34.6 Å². The number of fused-ring (bicyclic) bond motifs is 1. The second-order valence-electron chi connectivity index (χ2n) is 7.10. The molecule has 0 unspecified atom stereocenters. The van der Waals surface area contributed by atoms with Crippen LogP contribution in [0, 0.1) is 5.41 Å². The van der Waals surface area contributed by atoms with Crippen LogP contribution in [-0.4, -0.2) is 42.4 Å². The number of carbonyl (C=O) groups excluding carboxylic acids is 1. The van der Waals surface area contributed by atoms with Gasteiger partial charge < -0.3 is 24.7 Å². The molecule has 0 bridgehead atoms. The van der Waals surface area contributed by atoms with Crippen LogP contribution in [0.4, 0.5) is 0 Å². The first-order valence-electron chi connectivity index (χ1n) is 7.10. The van der Waals surface area contributed by atoms with Gasteiger partial charge in [0.15, 0.2) is 12.1 Å². The van der Waals surface area contributed by atoms with Crippen LogP contribution < -0.4 is 5.73 Å². The summed E-state index contributed by atoms with van der Waals surface area (Å²) < 4.78 is 22.5. The molecule has 0 saturated carbocycles. The summed E-state index contributed by atoms with van der Waals surface area (Å²) in [5, 5.41) is 0. The standard InChI is InChI=1S/C15H25NO5/c1-7-15(16)9(8-18-12(17)13(2,3)4)19-11-10(15)20-14(5,6)21-11/h7,9-11H,1,8,16H2,2-6H3/t9-,10+,11-,15+/m1/s1. The van der Waals surface area contributed by atoms with Crippen molar-refractivity contribution in [2.45, 2.75) is 64.4 Å². The van der Waals surface area contributed by atoms with Crippen LogP contribution in [0.3, 0.4) is 0 Å². The molecule has 2 aliphatic rings. The molecular weight excluding hydrogens is 274 g/mol. The van der Waals surface area contributed by atoms with E-state index in [0.717, 1.165) is 0 Å². The molecule has 0 spiro atoms. The number of nitrogens with two attached hydrogens (primary N) is 1. The zero-order chi connectivity index (χ0) is 16.1. The Hall–Kier alpha value is -0.950. The van der Waals surface area contributed by atoms with Crippen LogP contribution in [0.2, 0.25) is 0 Å². The lowest BCUT2D eigenvalue weighted by Crippen LogP contribution is -2.56. The van der Waals surface area contributed by atoms with Gasteiger partial charge in [-0.15, -0.1) is 6.58 Å². The largest absolute Gasteiger partial charge is 0.462 e. The Morgan fingerprint density at radius 3 is 2.52 bits per heavy atom. The van der Waals surface area contributed by atoms with Crippen molar-refractivity contribution in [1.29, 1.82) is 0 Å². The molecule has 2 N–H and O–H groups in total. The van der Waals surface area contributed by atoms with Crippen LogP contribution >= 0.6 is 0 Å². The predicted octanol–water partition coefficient (Wildman–Crippen LogP) is 1.34. The number of carbonyl (C=O) groups is 1. The van der Waals surface area contributed by atoms with Gasteiger partial charge in [-0.1, -0.05) is 6.08 Å². The smallest absolute Gasteiger partial charge is 0.311 e. The van der Waals surface area contributed by atoms with E-state index in [4.69, 9.17) is 24.7 Å². The fourth-order valence-electron chi connectivity index (χ4n) is 2.43. The van der Waals surface area contributed by atoms with E-state index < -0.39 is 35.2 Å². The Morgan fingerprint density at radius 2 is 2.00 bits per heavy atom. The minimum absolute atomic E-state index is 0.0404. The third-order valence-electron chi connectivity index (χ3n) is 3.74. The second kappa shape index (κ2) is 5.05. The Bertz CT molecular complexity index is 442. The third-order valence-corrected chi connectivity index (χ3v) is 3.74. The lowest BCUT2D eigenvalue weighted by Gasteiger charge is -2.32. The summed E-state index contributed by atoms with van der Waals surface area (Å²) in [4.78, 5) is 11.9. The second-order valence-corrected chi connectivity index (χ2v) is 7.10. The van der Waals surface area contributed by atoms with Crippen molar-refractivity contribution < 1.29 is 23.7 Å². The molecule has 6 nitrogen and oxygen atoms in total. The zero-order valence-corrected chi connectivity index (χ0v) is 13.3. The summed E-state index contributed by atoms with van der Waals surface area (Å²) in [6, 6.07) is 0. The van der Waals surface area contributed by atoms with Gasteiger partial charge in [-0.25, -0.2) is 0 Å². The first-order valence-corrected chi connectivity index (χ1v) is 7.10. The lowest BCUT2D eigenvalue weighted by atomic mass is 9.89. The topological polar surface area (TPSA) is 80.0 Å². The van der Waals surface area contributed by atoms with E-state index >= 15 is 0 Å². The van der Waals surface area contributed by atoms with Crippen molar-refractivity contribution in [1.82, 2.24) is 0 Å². The Morgan fingerprint density at radius 1 is 1.38 bits per heavy atom. The number of hydrogen-bond acceptors (Lipinski definition) is 6. The van der Waals surface area contributed by atoms with Gasteiger partial charge in [-0.3, -0.25) is 4.79 Å². The third kappa shape index (κ3) is 2.99. The van der Waals surface area contributed by atoms with E-state index in [1.165, 1.54) is 0 Å². The van der Waals surface area contributed by atoms with Gasteiger partial charge in [-0.05, 0) is 34.6 Å². The average molecular weight is 299 g/mol. The van der Waals surface area contributed by atoms with Gasteiger partial charge in [0, 0.05) is 0 Å². The molecule has 0 aromatic carbocycles. The molecule has 0 aromatic heterocycles. The van der Waals surface area contributed by atoms with Crippen LogP contribution in [0.15, 0.2) is 12.7 Å². The van der Waals surface area contributed by atoms with Gasteiger partial charge in [-0.2, -0.15) is 0 Å². The molecule has 0 radical (unpaired) electrons. The van der Waals surface area contributed by atoms with Crippen LogP contribution in [0.5, 0.6) is 0 Å². The van der Waals surface area contributed by atoms with Crippen LogP contribution in [0.25, 0.3) is 0 Å². The van der Waals surface area contributed by atoms with Crippen molar-refractivity contribution >= 4 is 5.97 Å². The van der Waals surface area contributed by atoms with E-state index in [1.807, 2.05) is 0 Å². The van der Waals surface area contributed by atoms with Gasteiger partial charge in [0.1, 0.15) is 18.8 Å². The maximum atomic E-state index is 11.9. The van der Waals surface area contributed by atoms with E-state index in [1.54, 1.807) is 40.7 Å². The molecular formula is C15H25NO5. The summed E-state index contributed by atoms with van der Waals surface area (Å²) >= 11 is 0. The number of ether oxygens (including phenoxy) is 4. The molecule has 0 amide bonds. The summed E-state index contributed by atoms with van der Waals surface area (Å²) in [5.74, 6) is -1.06. The van der Waals surface area contributed by atoms with Gasteiger partial charge >= 0.3 is 5.97 Å². The maximum absolute atomic E-state index is 11.9. The zero-order valence-electron chi connectivity index (χ0n) is 13.3. The SMILES string of the molecule is C=C[C@]1(N)[C@@H](COC(=O)C(C)(C)C)O[C@@H]2OC(C)(C)O[C@@H]21. The Balaban J connectivity index is 2.06. The van der Waals surface area contributed by atoms with Crippen molar-refractivity contribution in [3.63, 3.8) is 0 Å². The molecule has 2 fully saturated rings. The molecule has 2 heterocycles. The highest BCUT2D eigenvalue weighted by molar-refractivity contribution is 5.75.